The van der Waals surface area contributed by atoms with Crippen LogP contribution in [0.4, 0.5) is 0 Å². The second kappa shape index (κ2) is 5.04. The molecule has 0 heterocycles. The van der Waals surface area contributed by atoms with Gasteiger partial charge in [-0.05, 0) is 57.0 Å². The fourth-order valence-electron chi connectivity index (χ4n) is 3.77. The maximum atomic E-state index is 12.9. The van der Waals surface area contributed by atoms with Crippen LogP contribution in [-0.4, -0.2) is 19.9 Å². The van der Waals surface area contributed by atoms with Gasteiger partial charge in [0.1, 0.15) is 0 Å². The lowest BCUT2D eigenvalue weighted by molar-refractivity contribution is -0.117. The molecule has 4 rings (SSSR count). The van der Waals surface area contributed by atoms with Gasteiger partial charge in [-0.15, -0.1) is 0 Å². The molecule has 0 saturated heterocycles. The van der Waals surface area contributed by atoms with Crippen molar-refractivity contribution in [3.05, 3.63) is 34.6 Å². The molecule has 24 heavy (non-hydrogen) atoms. The highest BCUT2D eigenvalue weighted by Gasteiger charge is 2.53. The molecular weight excluding hydrogens is 316 g/mol. The van der Waals surface area contributed by atoms with Crippen LogP contribution in [0.25, 0.3) is 0 Å². The lowest BCUT2D eigenvalue weighted by Crippen LogP contribution is -2.47. The summed E-state index contributed by atoms with van der Waals surface area (Å²) >= 11 is 0. The van der Waals surface area contributed by atoms with Crippen molar-refractivity contribution >= 4 is 19.9 Å². The van der Waals surface area contributed by atoms with Gasteiger partial charge >= 0.3 is 0 Å². The van der Waals surface area contributed by atoms with Gasteiger partial charge in [0.05, 0.1) is 11.2 Å². The molecule has 0 radical (unpaired) electrons. The van der Waals surface area contributed by atoms with Gasteiger partial charge in [0.2, 0.25) is 8.32 Å². The predicted octanol–water partition coefficient (Wildman–Crippen LogP) is 4.72. The van der Waals surface area contributed by atoms with Gasteiger partial charge in [-0.1, -0.05) is 20.8 Å². The number of allylic oxidation sites excluding steroid dienone is 5. The van der Waals surface area contributed by atoms with Crippen LogP contribution >= 0.6 is 0 Å². The van der Waals surface area contributed by atoms with Crippen molar-refractivity contribution in [3.8, 4) is 0 Å². The largest absolute Gasteiger partial charge is 0.546 e. The van der Waals surface area contributed by atoms with Gasteiger partial charge in [0, 0.05) is 22.6 Å². The van der Waals surface area contributed by atoms with Gasteiger partial charge in [-0.2, -0.15) is 0 Å². The number of Topliss-reactive ketones (excluding diaryl/α,β-unsaturated/α-hetero) is 1. The third-order valence-electron chi connectivity index (χ3n) is 6.41. The molecule has 0 spiro atoms. The summed E-state index contributed by atoms with van der Waals surface area (Å²) < 4.78 is 6.63. The number of carbonyl (C=O) groups excluding carboxylic acids is 2. The van der Waals surface area contributed by atoms with E-state index >= 15 is 0 Å². The summed E-state index contributed by atoms with van der Waals surface area (Å²) in [5.41, 5.74) is 1.53. The van der Waals surface area contributed by atoms with Crippen molar-refractivity contribution in [2.75, 3.05) is 0 Å². The topological polar surface area (TPSA) is 43.4 Å². The van der Waals surface area contributed by atoms with E-state index in [-0.39, 0.29) is 22.5 Å². The molecule has 130 valence electrons. The first-order chi connectivity index (χ1) is 10.9. The van der Waals surface area contributed by atoms with Gasteiger partial charge < -0.3 is 4.43 Å². The quantitative estimate of drug-likeness (QED) is 0.538. The Morgan fingerprint density at radius 1 is 1.25 bits per heavy atom. The number of carbonyl (C=O) groups is 2. The highest BCUT2D eigenvalue weighted by atomic mass is 28.4. The predicted molar refractivity (Wildman–Crippen MR) is 98.0 cm³/mol. The molecule has 0 amide bonds. The molecular formula is C20H28O3Si. The highest BCUT2D eigenvalue weighted by Crippen LogP contribution is 2.57. The van der Waals surface area contributed by atoms with Crippen LogP contribution in [0.2, 0.25) is 18.1 Å². The summed E-state index contributed by atoms with van der Waals surface area (Å²) in [5.74, 6) is 1.00. The van der Waals surface area contributed by atoms with E-state index in [2.05, 4.69) is 46.9 Å². The molecule has 0 aliphatic heterocycles. The maximum absolute atomic E-state index is 12.9. The summed E-state index contributed by atoms with van der Waals surface area (Å²) in [6.45, 7) is 14.9. The summed E-state index contributed by atoms with van der Waals surface area (Å²) in [4.78, 5) is 25.4. The Labute approximate surface area is 146 Å². The molecule has 4 aliphatic carbocycles. The number of hydrogen-bond acceptors (Lipinski definition) is 3. The Hall–Kier alpha value is -1.42. The zero-order valence-corrected chi connectivity index (χ0v) is 16.9. The monoisotopic (exact) mass is 344 g/mol. The molecule has 2 atom stereocenters. The Morgan fingerprint density at radius 3 is 2.46 bits per heavy atom. The summed E-state index contributed by atoms with van der Waals surface area (Å²) in [7, 11) is -1.99. The van der Waals surface area contributed by atoms with Crippen LogP contribution in [0.1, 0.15) is 47.5 Å². The molecule has 0 aromatic carbocycles. The van der Waals surface area contributed by atoms with Crippen LogP contribution in [-0.2, 0) is 14.0 Å². The normalized spacial score (nSPS) is 30.2. The Morgan fingerprint density at radius 2 is 1.88 bits per heavy atom. The Bertz CT molecular complexity index is 730. The van der Waals surface area contributed by atoms with Crippen LogP contribution in [0.5, 0.6) is 0 Å². The molecule has 0 unspecified atom stereocenters. The van der Waals surface area contributed by atoms with Gasteiger partial charge in [0.25, 0.3) is 0 Å². The number of fused-ring (bicyclic) bond motifs is 1. The third kappa shape index (κ3) is 2.30. The van der Waals surface area contributed by atoms with E-state index in [1.165, 1.54) is 6.08 Å². The van der Waals surface area contributed by atoms with Crippen molar-refractivity contribution < 1.29 is 14.0 Å². The molecule has 0 saturated carbocycles. The maximum Gasteiger partial charge on any atom is 0.250 e. The van der Waals surface area contributed by atoms with Crippen molar-refractivity contribution in [1.82, 2.24) is 0 Å². The first-order valence-electron chi connectivity index (χ1n) is 8.82. The molecule has 0 N–H and O–H groups in total. The SMILES string of the molecule is CC1=CC(=O)C2=C(C1=O)[C@@]1(C)CC[C@@H]2C=C1O[Si](C)(C)C(C)(C)C. The summed E-state index contributed by atoms with van der Waals surface area (Å²) in [6.07, 6.45) is 5.44. The van der Waals surface area contributed by atoms with Gasteiger partial charge in [-0.25, -0.2) is 0 Å². The zero-order valence-electron chi connectivity index (χ0n) is 15.9. The molecule has 4 heteroatoms. The minimum absolute atomic E-state index is 0.0145. The van der Waals surface area contributed by atoms with E-state index in [0.29, 0.717) is 11.1 Å². The van der Waals surface area contributed by atoms with Crippen LogP contribution < -0.4 is 0 Å². The first-order valence-corrected chi connectivity index (χ1v) is 11.7. The average molecular weight is 345 g/mol. The molecule has 0 aromatic heterocycles. The smallest absolute Gasteiger partial charge is 0.250 e. The second-order valence-corrected chi connectivity index (χ2v) is 13.9. The van der Waals surface area contributed by atoms with E-state index in [1.807, 2.05) is 0 Å². The van der Waals surface area contributed by atoms with E-state index < -0.39 is 13.7 Å². The van der Waals surface area contributed by atoms with Crippen molar-refractivity contribution in [2.24, 2.45) is 11.3 Å². The minimum Gasteiger partial charge on any atom is -0.546 e. The van der Waals surface area contributed by atoms with Gasteiger partial charge in [0.15, 0.2) is 11.6 Å². The number of ketones is 2. The highest BCUT2D eigenvalue weighted by molar-refractivity contribution is 6.74. The lowest BCUT2D eigenvalue weighted by Gasteiger charge is -2.50. The molecule has 0 fully saturated rings. The standard InChI is InChI=1S/C20H28O3Si/c1-12-10-14(21)16-13-8-9-20(5,17(16)18(12)22)15(11-13)23-24(6,7)19(2,3)4/h10-11,13H,8-9H2,1-7H3/t13-,20+/m1/s1. The van der Waals surface area contributed by atoms with E-state index in [4.69, 9.17) is 4.43 Å². The average Bonchev–Trinajstić information content (AvgIpc) is 2.43. The van der Waals surface area contributed by atoms with E-state index in [1.54, 1.807) is 6.92 Å². The summed E-state index contributed by atoms with van der Waals surface area (Å²) in [6, 6.07) is 0. The number of hydrogen-bond donors (Lipinski definition) is 0. The Kier molecular flexibility index (Phi) is 3.65. The van der Waals surface area contributed by atoms with Crippen LogP contribution in [0, 0.1) is 11.3 Å². The third-order valence-corrected chi connectivity index (χ3v) is 10.8. The Balaban J connectivity index is 2.06. The van der Waals surface area contributed by atoms with Crippen LogP contribution in [0.15, 0.2) is 34.6 Å². The van der Waals surface area contributed by atoms with Crippen molar-refractivity contribution in [2.45, 2.75) is 65.6 Å². The van der Waals surface area contributed by atoms with E-state index in [0.717, 1.165) is 24.2 Å². The summed E-state index contributed by atoms with van der Waals surface area (Å²) in [5, 5.41) is 0.0975. The fourth-order valence-corrected chi connectivity index (χ4v) is 4.92. The first kappa shape index (κ1) is 17.4. The second-order valence-electron chi connectivity index (χ2n) is 9.18. The van der Waals surface area contributed by atoms with Crippen molar-refractivity contribution in [1.29, 1.82) is 0 Å². The fraction of sp³-hybridized carbons (Fsp3) is 0.600. The molecule has 4 aliphatic rings. The van der Waals surface area contributed by atoms with E-state index in [9.17, 15) is 9.59 Å². The molecule has 2 bridgehead atoms. The zero-order chi connectivity index (χ0) is 18.1. The molecule has 0 aromatic rings. The van der Waals surface area contributed by atoms with Gasteiger partial charge in [-0.3, -0.25) is 9.59 Å². The lowest BCUT2D eigenvalue weighted by atomic mass is 9.58. The van der Waals surface area contributed by atoms with Crippen LogP contribution in [0.3, 0.4) is 0 Å². The van der Waals surface area contributed by atoms with Crippen molar-refractivity contribution in [3.63, 3.8) is 0 Å². The number of rotatable bonds is 2. The molecule has 3 nitrogen and oxygen atoms in total. The minimum atomic E-state index is -1.99.